The number of rotatable bonds is 6. The molecule has 1 aliphatic carbocycles. The van der Waals surface area contributed by atoms with Crippen LogP contribution in [-0.4, -0.2) is 33.6 Å². The molecule has 1 aromatic rings. The predicted octanol–water partition coefficient (Wildman–Crippen LogP) is 2.77. The Morgan fingerprint density at radius 2 is 2.09 bits per heavy atom. The summed E-state index contributed by atoms with van der Waals surface area (Å²) in [6, 6.07) is 0.0461. The molecule has 0 unspecified atom stereocenters. The van der Waals surface area contributed by atoms with Crippen LogP contribution in [0, 0.1) is 11.8 Å². The molecule has 1 heterocycles. The fourth-order valence-corrected chi connectivity index (χ4v) is 3.22. The second kappa shape index (κ2) is 8.34. The van der Waals surface area contributed by atoms with Crippen molar-refractivity contribution in [2.45, 2.75) is 65.5 Å². The minimum absolute atomic E-state index is 0.156. The molecule has 1 aliphatic rings. The van der Waals surface area contributed by atoms with Crippen LogP contribution in [0.15, 0.2) is 6.20 Å². The van der Waals surface area contributed by atoms with E-state index in [1.165, 1.54) is 0 Å². The molecule has 6 heteroatoms. The Labute approximate surface area is 138 Å². The molecule has 2 amide bonds. The molecule has 0 bridgehead atoms. The Morgan fingerprint density at radius 1 is 1.39 bits per heavy atom. The van der Waals surface area contributed by atoms with Gasteiger partial charge in [-0.25, -0.2) is 4.79 Å². The first-order valence-corrected chi connectivity index (χ1v) is 8.76. The van der Waals surface area contributed by atoms with Gasteiger partial charge < -0.3 is 15.7 Å². The Balaban J connectivity index is 1.89. The summed E-state index contributed by atoms with van der Waals surface area (Å²) in [5, 5.41) is 19.6. The van der Waals surface area contributed by atoms with E-state index in [0.29, 0.717) is 11.8 Å². The number of nitrogens with zero attached hydrogens (tertiary/aromatic N) is 2. The van der Waals surface area contributed by atoms with Crippen LogP contribution in [0.3, 0.4) is 0 Å². The van der Waals surface area contributed by atoms with Gasteiger partial charge in [0.05, 0.1) is 17.6 Å². The lowest BCUT2D eigenvalue weighted by atomic mass is 9.87. The number of hydrogen-bond donors (Lipinski definition) is 3. The van der Waals surface area contributed by atoms with Gasteiger partial charge in [-0.2, -0.15) is 5.10 Å². The predicted molar refractivity (Wildman–Crippen MR) is 91.4 cm³/mol. The molecule has 0 radical (unpaired) electrons. The number of nitrogens with one attached hydrogen (secondary N) is 2. The average molecular weight is 322 g/mol. The van der Waals surface area contributed by atoms with Crippen LogP contribution < -0.4 is 10.6 Å². The van der Waals surface area contributed by atoms with Crippen molar-refractivity contribution in [3.8, 4) is 0 Å². The quantitative estimate of drug-likeness (QED) is 0.753. The van der Waals surface area contributed by atoms with Gasteiger partial charge >= 0.3 is 6.03 Å². The monoisotopic (exact) mass is 322 g/mol. The zero-order valence-electron chi connectivity index (χ0n) is 14.5. The number of anilines is 1. The number of hydrogen-bond acceptors (Lipinski definition) is 3. The number of aromatic nitrogens is 2. The number of carbonyl (C=O) groups excluding carboxylic acids is 1. The van der Waals surface area contributed by atoms with Crippen molar-refractivity contribution >= 4 is 11.7 Å². The number of aliphatic hydroxyl groups excluding tert-OH is 1. The summed E-state index contributed by atoms with van der Waals surface area (Å²) in [7, 11) is 0. The first-order chi connectivity index (χ1) is 11.0. The number of carbonyl (C=O) groups is 1. The maximum absolute atomic E-state index is 12.2. The summed E-state index contributed by atoms with van der Waals surface area (Å²) in [6.45, 7) is 7.51. The van der Waals surface area contributed by atoms with E-state index in [-0.39, 0.29) is 18.7 Å². The third kappa shape index (κ3) is 4.96. The van der Waals surface area contributed by atoms with Crippen molar-refractivity contribution in [1.82, 2.24) is 15.1 Å². The first-order valence-electron chi connectivity index (χ1n) is 8.76. The SMILES string of the molecule is CCc1c(NC(=O)NC2CCC(CO)CC2)cnn1CC(C)C. The molecule has 1 aromatic heterocycles. The van der Waals surface area contributed by atoms with Crippen molar-refractivity contribution in [1.29, 1.82) is 0 Å². The molecular weight excluding hydrogens is 292 g/mol. The second-order valence-electron chi connectivity index (χ2n) is 6.93. The van der Waals surface area contributed by atoms with Crippen molar-refractivity contribution < 1.29 is 9.90 Å². The maximum atomic E-state index is 12.2. The van der Waals surface area contributed by atoms with Gasteiger partial charge in [0.25, 0.3) is 0 Å². The minimum Gasteiger partial charge on any atom is -0.396 e. The highest BCUT2D eigenvalue weighted by Gasteiger charge is 2.22. The van der Waals surface area contributed by atoms with Gasteiger partial charge in [-0.3, -0.25) is 4.68 Å². The van der Waals surface area contributed by atoms with E-state index in [2.05, 4.69) is 36.5 Å². The highest BCUT2D eigenvalue weighted by molar-refractivity contribution is 5.89. The molecule has 1 saturated carbocycles. The topological polar surface area (TPSA) is 79.2 Å². The van der Waals surface area contributed by atoms with Gasteiger partial charge in [0, 0.05) is 19.2 Å². The van der Waals surface area contributed by atoms with E-state index in [0.717, 1.165) is 50.0 Å². The van der Waals surface area contributed by atoms with Crippen molar-refractivity contribution in [3.05, 3.63) is 11.9 Å². The highest BCUT2D eigenvalue weighted by atomic mass is 16.3. The largest absolute Gasteiger partial charge is 0.396 e. The summed E-state index contributed by atoms with van der Waals surface area (Å²) in [5.41, 5.74) is 1.87. The maximum Gasteiger partial charge on any atom is 0.319 e. The first kappa shape index (κ1) is 17.8. The molecule has 130 valence electrons. The molecule has 0 aliphatic heterocycles. The van der Waals surface area contributed by atoms with Crippen LogP contribution in [0.1, 0.15) is 52.1 Å². The summed E-state index contributed by atoms with van der Waals surface area (Å²) in [6.07, 6.45) is 6.41. The lowest BCUT2D eigenvalue weighted by Crippen LogP contribution is -2.40. The van der Waals surface area contributed by atoms with Crippen LogP contribution in [0.5, 0.6) is 0 Å². The van der Waals surface area contributed by atoms with Crippen LogP contribution >= 0.6 is 0 Å². The summed E-state index contributed by atoms with van der Waals surface area (Å²) in [5.74, 6) is 0.917. The lowest BCUT2D eigenvalue weighted by molar-refractivity contribution is 0.176. The van der Waals surface area contributed by atoms with E-state index in [4.69, 9.17) is 5.11 Å². The normalized spacial score (nSPS) is 21.4. The van der Waals surface area contributed by atoms with Crippen LogP contribution in [0.4, 0.5) is 10.5 Å². The molecule has 2 rings (SSSR count). The number of amides is 2. The van der Waals surface area contributed by atoms with Gasteiger partial charge in [0.15, 0.2) is 0 Å². The van der Waals surface area contributed by atoms with E-state index < -0.39 is 0 Å². The van der Waals surface area contributed by atoms with E-state index >= 15 is 0 Å². The van der Waals surface area contributed by atoms with Crippen LogP contribution in [0.25, 0.3) is 0 Å². The van der Waals surface area contributed by atoms with Crippen LogP contribution in [0.2, 0.25) is 0 Å². The molecule has 23 heavy (non-hydrogen) atoms. The third-order valence-corrected chi connectivity index (χ3v) is 4.51. The Kier molecular flexibility index (Phi) is 6.45. The Bertz CT molecular complexity index is 505. The molecule has 3 N–H and O–H groups in total. The third-order valence-electron chi connectivity index (χ3n) is 4.51. The smallest absolute Gasteiger partial charge is 0.319 e. The number of aliphatic hydroxyl groups is 1. The second-order valence-corrected chi connectivity index (χ2v) is 6.93. The van der Waals surface area contributed by atoms with Crippen molar-refractivity contribution in [2.75, 3.05) is 11.9 Å². The summed E-state index contributed by atoms with van der Waals surface area (Å²) in [4.78, 5) is 12.2. The van der Waals surface area contributed by atoms with Gasteiger partial charge in [0.2, 0.25) is 0 Å². The average Bonchev–Trinajstić information content (AvgIpc) is 2.88. The lowest BCUT2D eigenvalue weighted by Gasteiger charge is -2.27. The summed E-state index contributed by atoms with van der Waals surface area (Å²) >= 11 is 0. The molecule has 0 atom stereocenters. The minimum atomic E-state index is -0.156. The molecule has 6 nitrogen and oxygen atoms in total. The number of urea groups is 1. The van der Waals surface area contributed by atoms with Gasteiger partial charge in [0.1, 0.15) is 0 Å². The van der Waals surface area contributed by atoms with E-state index in [1.54, 1.807) is 6.20 Å². The molecule has 0 spiro atoms. The van der Waals surface area contributed by atoms with E-state index in [1.807, 2.05) is 4.68 Å². The van der Waals surface area contributed by atoms with Gasteiger partial charge in [-0.1, -0.05) is 20.8 Å². The summed E-state index contributed by atoms with van der Waals surface area (Å²) < 4.78 is 1.98. The fraction of sp³-hybridized carbons (Fsp3) is 0.765. The molecular formula is C17H30N4O2. The Hall–Kier alpha value is -1.56. The standard InChI is InChI=1S/C17H30N4O2/c1-4-16-15(9-18-21(16)10-12(2)3)20-17(23)19-14-7-5-13(11-22)6-8-14/h9,12-14,22H,4-8,10-11H2,1-3H3,(H2,19,20,23). The molecule has 0 aromatic carbocycles. The molecule has 0 saturated heterocycles. The van der Waals surface area contributed by atoms with Crippen LogP contribution in [-0.2, 0) is 13.0 Å². The van der Waals surface area contributed by atoms with Crippen molar-refractivity contribution in [2.24, 2.45) is 11.8 Å². The van der Waals surface area contributed by atoms with Gasteiger partial charge in [-0.05, 0) is 43.9 Å². The Morgan fingerprint density at radius 3 is 2.65 bits per heavy atom. The highest BCUT2D eigenvalue weighted by Crippen LogP contribution is 2.24. The van der Waals surface area contributed by atoms with E-state index in [9.17, 15) is 4.79 Å². The van der Waals surface area contributed by atoms with Gasteiger partial charge in [-0.15, -0.1) is 0 Å². The zero-order chi connectivity index (χ0) is 16.8. The molecule has 1 fully saturated rings. The van der Waals surface area contributed by atoms with Crippen molar-refractivity contribution in [3.63, 3.8) is 0 Å². The fourth-order valence-electron chi connectivity index (χ4n) is 3.22. The zero-order valence-corrected chi connectivity index (χ0v) is 14.5.